The lowest BCUT2D eigenvalue weighted by Crippen LogP contribution is -2.45. The molecule has 2 amide bonds. The second-order valence-electron chi connectivity index (χ2n) is 5.58. The third kappa shape index (κ3) is 6.03. The first-order valence-corrected chi connectivity index (χ1v) is 8.27. The number of thiophene rings is 1. The highest BCUT2D eigenvalue weighted by Gasteiger charge is 2.24. The molecule has 1 heterocycles. The average molecular weight is 313 g/mol. The van der Waals surface area contributed by atoms with Crippen LogP contribution in [0, 0.1) is 0 Å². The molecule has 1 atom stereocenters. The normalized spacial score (nSPS) is 14.2. The predicted molar refractivity (Wildman–Crippen MR) is 87.7 cm³/mol. The van der Waals surface area contributed by atoms with Gasteiger partial charge in [0.1, 0.15) is 5.60 Å². The first-order chi connectivity index (χ1) is 9.86. The smallest absolute Gasteiger partial charge is 0.314 e. The summed E-state index contributed by atoms with van der Waals surface area (Å²) in [6.45, 7) is 10.7. The minimum absolute atomic E-state index is 0.195. The Labute approximate surface area is 131 Å². The third-order valence-corrected chi connectivity index (χ3v) is 4.59. The van der Waals surface area contributed by atoms with E-state index in [0.717, 1.165) is 18.0 Å². The highest BCUT2D eigenvalue weighted by atomic mass is 32.1. The highest BCUT2D eigenvalue weighted by molar-refractivity contribution is 7.10. The predicted octanol–water partition coefficient (Wildman–Crippen LogP) is 1.99. The molecule has 5 nitrogen and oxygen atoms in total. The van der Waals surface area contributed by atoms with E-state index in [0.29, 0.717) is 12.6 Å². The van der Waals surface area contributed by atoms with Gasteiger partial charge in [-0.2, -0.15) is 0 Å². The van der Waals surface area contributed by atoms with E-state index in [1.807, 2.05) is 17.5 Å². The van der Waals surface area contributed by atoms with E-state index >= 15 is 0 Å². The molecular weight excluding hydrogens is 286 g/mol. The lowest BCUT2D eigenvalue weighted by Gasteiger charge is -2.25. The molecular formula is C15H27N3O2S. The van der Waals surface area contributed by atoms with E-state index in [1.165, 1.54) is 11.3 Å². The number of carbonyl (C=O) groups excluding carboxylic acids is 1. The molecule has 1 aromatic heterocycles. The van der Waals surface area contributed by atoms with Crippen molar-refractivity contribution in [3.05, 3.63) is 22.4 Å². The van der Waals surface area contributed by atoms with Crippen molar-refractivity contribution in [3.8, 4) is 0 Å². The van der Waals surface area contributed by atoms with Gasteiger partial charge in [-0.15, -0.1) is 11.3 Å². The van der Waals surface area contributed by atoms with Gasteiger partial charge < -0.3 is 15.7 Å². The molecule has 3 N–H and O–H groups in total. The second-order valence-corrected chi connectivity index (χ2v) is 6.53. The Bertz CT molecular complexity index is 419. The second kappa shape index (κ2) is 8.36. The van der Waals surface area contributed by atoms with Gasteiger partial charge in [0.2, 0.25) is 0 Å². The van der Waals surface area contributed by atoms with Crippen LogP contribution in [0.4, 0.5) is 4.79 Å². The van der Waals surface area contributed by atoms with Crippen molar-refractivity contribution < 1.29 is 9.90 Å². The molecule has 1 unspecified atom stereocenters. The first-order valence-electron chi connectivity index (χ1n) is 7.39. The molecule has 0 fully saturated rings. The van der Waals surface area contributed by atoms with Crippen LogP contribution in [0.15, 0.2) is 17.5 Å². The van der Waals surface area contributed by atoms with E-state index in [1.54, 1.807) is 6.92 Å². The Kier molecular flexibility index (Phi) is 7.14. The molecule has 0 aliphatic rings. The van der Waals surface area contributed by atoms with Crippen LogP contribution in [-0.4, -0.2) is 48.3 Å². The summed E-state index contributed by atoms with van der Waals surface area (Å²) in [6, 6.07) is 3.98. The van der Waals surface area contributed by atoms with Crippen molar-refractivity contribution in [2.45, 2.75) is 39.3 Å². The maximum absolute atomic E-state index is 11.8. The SMILES string of the molecule is CCN(CCNC(=O)NCC(C)(O)c1cccs1)C(C)C. The summed E-state index contributed by atoms with van der Waals surface area (Å²) in [6.07, 6.45) is 0. The van der Waals surface area contributed by atoms with Crippen LogP contribution >= 0.6 is 11.3 Å². The molecule has 0 aliphatic carbocycles. The lowest BCUT2D eigenvalue weighted by atomic mass is 10.1. The van der Waals surface area contributed by atoms with E-state index in [9.17, 15) is 9.90 Å². The van der Waals surface area contributed by atoms with Gasteiger partial charge in [-0.05, 0) is 38.8 Å². The van der Waals surface area contributed by atoms with Crippen LogP contribution in [-0.2, 0) is 5.60 Å². The standard InChI is InChI=1S/C15H27N3O2S/c1-5-18(12(2)3)9-8-16-14(19)17-11-15(4,20)13-7-6-10-21-13/h6-7,10,12,20H,5,8-9,11H2,1-4H3,(H2,16,17,19). The summed E-state index contributed by atoms with van der Waals surface area (Å²) < 4.78 is 0. The molecule has 1 rings (SSSR count). The number of carbonyl (C=O) groups is 1. The van der Waals surface area contributed by atoms with Gasteiger partial charge in [0.15, 0.2) is 0 Å². The molecule has 120 valence electrons. The number of aliphatic hydroxyl groups is 1. The molecule has 0 radical (unpaired) electrons. The number of hydrogen-bond donors (Lipinski definition) is 3. The van der Waals surface area contributed by atoms with Crippen LogP contribution in [0.5, 0.6) is 0 Å². The van der Waals surface area contributed by atoms with E-state index in [2.05, 4.69) is 36.3 Å². The highest BCUT2D eigenvalue weighted by Crippen LogP contribution is 2.24. The summed E-state index contributed by atoms with van der Waals surface area (Å²) in [5.41, 5.74) is -1.03. The Morgan fingerprint density at radius 3 is 2.71 bits per heavy atom. The Hall–Kier alpha value is -1.11. The van der Waals surface area contributed by atoms with Gasteiger partial charge in [-0.3, -0.25) is 4.90 Å². The molecule has 1 aromatic rings. The summed E-state index contributed by atoms with van der Waals surface area (Å²) in [5.74, 6) is 0. The van der Waals surface area contributed by atoms with Gasteiger partial charge >= 0.3 is 6.03 Å². The number of amides is 2. The number of hydrogen-bond acceptors (Lipinski definition) is 4. The van der Waals surface area contributed by atoms with Gasteiger partial charge in [0.25, 0.3) is 0 Å². The van der Waals surface area contributed by atoms with E-state index in [4.69, 9.17) is 0 Å². The molecule has 0 spiro atoms. The molecule has 0 saturated carbocycles. The van der Waals surface area contributed by atoms with Crippen LogP contribution in [0.2, 0.25) is 0 Å². The van der Waals surface area contributed by atoms with Gasteiger partial charge in [0.05, 0.1) is 6.54 Å². The van der Waals surface area contributed by atoms with Gasteiger partial charge in [0, 0.05) is 24.0 Å². The molecule has 6 heteroatoms. The van der Waals surface area contributed by atoms with Crippen LogP contribution in [0.3, 0.4) is 0 Å². The number of urea groups is 1. The minimum Gasteiger partial charge on any atom is -0.383 e. The fraction of sp³-hybridized carbons (Fsp3) is 0.667. The third-order valence-electron chi connectivity index (χ3n) is 3.47. The van der Waals surface area contributed by atoms with Crippen LogP contribution in [0.1, 0.15) is 32.6 Å². The van der Waals surface area contributed by atoms with E-state index < -0.39 is 5.60 Å². The zero-order valence-corrected chi connectivity index (χ0v) is 14.2. The molecule has 21 heavy (non-hydrogen) atoms. The monoisotopic (exact) mass is 313 g/mol. The van der Waals surface area contributed by atoms with Crippen molar-refractivity contribution >= 4 is 17.4 Å². The largest absolute Gasteiger partial charge is 0.383 e. The Morgan fingerprint density at radius 1 is 1.48 bits per heavy atom. The molecule has 0 saturated heterocycles. The lowest BCUT2D eigenvalue weighted by molar-refractivity contribution is 0.0631. The number of nitrogens with one attached hydrogen (secondary N) is 2. The number of likely N-dealkylation sites (N-methyl/N-ethyl adjacent to an activating group) is 1. The van der Waals surface area contributed by atoms with Crippen molar-refractivity contribution in [3.63, 3.8) is 0 Å². The van der Waals surface area contributed by atoms with Crippen molar-refractivity contribution in [1.82, 2.24) is 15.5 Å². The summed E-state index contributed by atoms with van der Waals surface area (Å²) >= 11 is 1.48. The molecule has 0 aliphatic heterocycles. The van der Waals surface area contributed by atoms with Crippen molar-refractivity contribution in [2.24, 2.45) is 0 Å². The zero-order valence-electron chi connectivity index (χ0n) is 13.3. The summed E-state index contributed by atoms with van der Waals surface area (Å²) in [7, 11) is 0. The van der Waals surface area contributed by atoms with Gasteiger partial charge in [-0.25, -0.2) is 4.79 Å². The first kappa shape index (κ1) is 17.9. The molecule has 0 bridgehead atoms. The van der Waals surface area contributed by atoms with Gasteiger partial charge in [-0.1, -0.05) is 13.0 Å². The zero-order chi connectivity index (χ0) is 15.9. The fourth-order valence-electron chi connectivity index (χ4n) is 2.08. The maximum atomic E-state index is 11.8. The Balaban J connectivity index is 2.28. The van der Waals surface area contributed by atoms with Crippen molar-refractivity contribution in [1.29, 1.82) is 0 Å². The fourth-order valence-corrected chi connectivity index (χ4v) is 2.87. The van der Waals surface area contributed by atoms with Crippen LogP contribution in [0.25, 0.3) is 0 Å². The van der Waals surface area contributed by atoms with E-state index in [-0.39, 0.29) is 12.6 Å². The quantitative estimate of drug-likeness (QED) is 0.688. The Morgan fingerprint density at radius 2 is 2.19 bits per heavy atom. The minimum atomic E-state index is -1.03. The number of rotatable bonds is 8. The average Bonchev–Trinajstić information content (AvgIpc) is 2.96. The van der Waals surface area contributed by atoms with Crippen LogP contribution < -0.4 is 10.6 Å². The topological polar surface area (TPSA) is 64.6 Å². The summed E-state index contributed by atoms with van der Waals surface area (Å²) in [5, 5.41) is 17.8. The van der Waals surface area contributed by atoms with Crippen molar-refractivity contribution in [2.75, 3.05) is 26.2 Å². The number of nitrogens with zero attached hydrogens (tertiary/aromatic N) is 1. The maximum Gasteiger partial charge on any atom is 0.314 e. The summed E-state index contributed by atoms with van der Waals surface area (Å²) in [4.78, 5) is 14.9. The molecule has 0 aromatic carbocycles.